The highest BCUT2D eigenvalue weighted by Crippen LogP contribution is 2.22. The molecule has 2 rings (SSSR count). The number of carbonyl (C=O) groups excluding carboxylic acids is 3. The summed E-state index contributed by atoms with van der Waals surface area (Å²) in [5.74, 6) is -1.71. The van der Waals surface area contributed by atoms with Gasteiger partial charge in [0, 0.05) is 19.5 Å². The highest BCUT2D eigenvalue weighted by molar-refractivity contribution is 5.93. The molecular formula is C22H38N4O6. The summed E-state index contributed by atoms with van der Waals surface area (Å²) in [6.45, 7) is 7.97. The number of hydrogen-bond acceptors (Lipinski definition) is 7. The van der Waals surface area contributed by atoms with Gasteiger partial charge < -0.3 is 20.1 Å². The molecule has 10 heteroatoms. The van der Waals surface area contributed by atoms with Gasteiger partial charge in [0.1, 0.15) is 6.04 Å². The SMILES string of the molecule is CC(C)COC(=O)N(N[C@H](C)C(=O)O)C(=O)[C@@H]1CCCN(C(=O)CCC2CCNCC2)C1. The number of carboxylic acids is 1. The van der Waals surface area contributed by atoms with Crippen LogP contribution in [0.15, 0.2) is 0 Å². The predicted octanol–water partition coefficient (Wildman–Crippen LogP) is 1.60. The monoisotopic (exact) mass is 454 g/mol. The van der Waals surface area contributed by atoms with Gasteiger partial charge in [0.2, 0.25) is 5.91 Å². The first kappa shape index (κ1) is 26.1. The van der Waals surface area contributed by atoms with Crippen LogP contribution in [-0.4, -0.2) is 77.7 Å². The number of nitrogens with zero attached hydrogens (tertiary/aromatic N) is 2. The lowest BCUT2D eigenvalue weighted by Gasteiger charge is -2.35. The van der Waals surface area contributed by atoms with Gasteiger partial charge >= 0.3 is 12.1 Å². The predicted molar refractivity (Wildman–Crippen MR) is 117 cm³/mol. The molecule has 2 atom stereocenters. The van der Waals surface area contributed by atoms with Crippen molar-refractivity contribution < 1.29 is 29.0 Å². The Bertz CT molecular complexity index is 665. The third-order valence-corrected chi connectivity index (χ3v) is 5.98. The highest BCUT2D eigenvalue weighted by Gasteiger charge is 2.36. The number of ether oxygens (including phenoxy) is 1. The number of likely N-dealkylation sites (tertiary alicyclic amines) is 1. The molecule has 0 spiro atoms. The minimum Gasteiger partial charge on any atom is -0.480 e. The molecule has 182 valence electrons. The summed E-state index contributed by atoms with van der Waals surface area (Å²) in [4.78, 5) is 51.4. The van der Waals surface area contributed by atoms with Crippen LogP contribution < -0.4 is 10.7 Å². The Hall–Kier alpha value is -2.20. The molecule has 0 saturated carbocycles. The maximum Gasteiger partial charge on any atom is 0.431 e. The Morgan fingerprint density at radius 1 is 1.16 bits per heavy atom. The Kier molecular flexibility index (Phi) is 10.4. The van der Waals surface area contributed by atoms with Crippen molar-refractivity contribution in [3.8, 4) is 0 Å². The molecule has 0 unspecified atom stereocenters. The Morgan fingerprint density at radius 2 is 1.84 bits per heavy atom. The molecule has 0 bridgehead atoms. The van der Waals surface area contributed by atoms with Gasteiger partial charge in [-0.25, -0.2) is 10.2 Å². The van der Waals surface area contributed by atoms with E-state index in [1.165, 1.54) is 6.92 Å². The lowest BCUT2D eigenvalue weighted by Crippen LogP contribution is -2.57. The van der Waals surface area contributed by atoms with E-state index in [2.05, 4.69) is 10.7 Å². The zero-order valence-electron chi connectivity index (χ0n) is 19.5. The summed E-state index contributed by atoms with van der Waals surface area (Å²) in [5, 5.41) is 13.2. The zero-order chi connectivity index (χ0) is 23.7. The number of hydrazine groups is 1. The summed E-state index contributed by atoms with van der Waals surface area (Å²) < 4.78 is 5.16. The minimum atomic E-state index is -1.20. The van der Waals surface area contributed by atoms with Crippen molar-refractivity contribution >= 4 is 23.9 Å². The van der Waals surface area contributed by atoms with E-state index in [0.717, 1.165) is 32.4 Å². The van der Waals surface area contributed by atoms with Crippen LogP contribution in [0.3, 0.4) is 0 Å². The van der Waals surface area contributed by atoms with Gasteiger partial charge in [0.05, 0.1) is 12.5 Å². The molecular weight excluding hydrogens is 416 g/mol. The second-order valence-corrected chi connectivity index (χ2v) is 9.24. The molecule has 10 nitrogen and oxygen atoms in total. The van der Waals surface area contributed by atoms with Gasteiger partial charge in [-0.3, -0.25) is 14.4 Å². The number of carbonyl (C=O) groups is 4. The average Bonchev–Trinajstić information content (AvgIpc) is 2.79. The number of rotatable bonds is 9. The second-order valence-electron chi connectivity index (χ2n) is 9.24. The lowest BCUT2D eigenvalue weighted by molar-refractivity contribution is -0.145. The van der Waals surface area contributed by atoms with Gasteiger partial charge in [0.25, 0.3) is 5.91 Å². The van der Waals surface area contributed by atoms with Crippen molar-refractivity contribution in [3.05, 3.63) is 0 Å². The summed E-state index contributed by atoms with van der Waals surface area (Å²) in [5.41, 5.74) is 2.45. The second kappa shape index (κ2) is 12.7. The number of nitrogens with one attached hydrogen (secondary N) is 2. The normalized spacial score (nSPS) is 20.6. The van der Waals surface area contributed by atoms with Crippen molar-refractivity contribution in [2.75, 3.05) is 32.8 Å². The fraction of sp³-hybridized carbons (Fsp3) is 0.818. The van der Waals surface area contributed by atoms with Crippen LogP contribution in [0.25, 0.3) is 0 Å². The Morgan fingerprint density at radius 3 is 2.47 bits per heavy atom. The molecule has 3 amide bonds. The van der Waals surface area contributed by atoms with Crippen LogP contribution in [0.1, 0.15) is 59.3 Å². The molecule has 0 aromatic rings. The van der Waals surface area contributed by atoms with Gasteiger partial charge in [-0.1, -0.05) is 13.8 Å². The van der Waals surface area contributed by atoms with Crippen molar-refractivity contribution in [2.45, 2.75) is 65.3 Å². The van der Waals surface area contributed by atoms with Gasteiger partial charge in [-0.15, -0.1) is 0 Å². The Balaban J connectivity index is 1.98. The van der Waals surface area contributed by atoms with Crippen LogP contribution >= 0.6 is 0 Å². The molecule has 0 aromatic heterocycles. The average molecular weight is 455 g/mol. The maximum absolute atomic E-state index is 13.1. The molecule has 0 aromatic carbocycles. The fourth-order valence-corrected chi connectivity index (χ4v) is 4.00. The van der Waals surface area contributed by atoms with E-state index in [0.29, 0.717) is 36.7 Å². The molecule has 2 saturated heterocycles. The number of carboxylic acid groups (broad SMARTS) is 1. The van der Waals surface area contributed by atoms with Gasteiger partial charge in [-0.05, 0) is 64.0 Å². The molecule has 2 aliphatic heterocycles. The van der Waals surface area contributed by atoms with Crippen LogP contribution in [0, 0.1) is 17.8 Å². The number of hydrogen-bond donors (Lipinski definition) is 3. The van der Waals surface area contributed by atoms with Crippen molar-refractivity contribution in [2.24, 2.45) is 17.8 Å². The van der Waals surface area contributed by atoms with E-state index in [1.807, 2.05) is 13.8 Å². The smallest absolute Gasteiger partial charge is 0.431 e. The van der Waals surface area contributed by atoms with E-state index in [-0.39, 0.29) is 25.0 Å². The van der Waals surface area contributed by atoms with E-state index < -0.39 is 29.9 Å². The molecule has 0 radical (unpaired) electrons. The fourth-order valence-electron chi connectivity index (χ4n) is 4.00. The molecule has 32 heavy (non-hydrogen) atoms. The molecule has 0 aliphatic carbocycles. The van der Waals surface area contributed by atoms with Gasteiger partial charge in [-0.2, -0.15) is 5.01 Å². The van der Waals surface area contributed by atoms with Crippen molar-refractivity contribution in [1.82, 2.24) is 20.7 Å². The van der Waals surface area contributed by atoms with Crippen LogP contribution in [0.5, 0.6) is 0 Å². The van der Waals surface area contributed by atoms with E-state index in [4.69, 9.17) is 4.74 Å². The van der Waals surface area contributed by atoms with E-state index in [1.54, 1.807) is 4.90 Å². The summed E-state index contributed by atoms with van der Waals surface area (Å²) >= 11 is 0. The topological polar surface area (TPSA) is 128 Å². The van der Waals surface area contributed by atoms with E-state index in [9.17, 15) is 24.3 Å². The first-order valence-corrected chi connectivity index (χ1v) is 11.7. The zero-order valence-corrected chi connectivity index (χ0v) is 19.5. The third kappa shape index (κ3) is 8.05. The van der Waals surface area contributed by atoms with Crippen molar-refractivity contribution in [1.29, 1.82) is 0 Å². The number of piperidine rings is 2. The molecule has 3 N–H and O–H groups in total. The van der Waals surface area contributed by atoms with Crippen LogP contribution in [0.4, 0.5) is 4.79 Å². The third-order valence-electron chi connectivity index (χ3n) is 5.98. The standard InChI is InChI=1S/C22H38N4O6/c1-15(2)14-32-22(31)26(24-16(3)21(29)30)20(28)18-5-4-12-25(13-18)19(27)7-6-17-8-10-23-11-9-17/h15-18,23-24H,4-14H2,1-3H3,(H,29,30)/t16-,18-/m1/s1. The summed E-state index contributed by atoms with van der Waals surface area (Å²) in [6, 6.07) is -1.16. The minimum absolute atomic E-state index is 0.0295. The number of amides is 3. The molecule has 2 fully saturated rings. The highest BCUT2D eigenvalue weighted by atomic mass is 16.6. The summed E-state index contributed by atoms with van der Waals surface area (Å²) in [6.07, 6.45) is 3.71. The number of aliphatic carboxylic acids is 1. The van der Waals surface area contributed by atoms with Crippen LogP contribution in [-0.2, 0) is 19.1 Å². The largest absolute Gasteiger partial charge is 0.480 e. The van der Waals surface area contributed by atoms with Crippen molar-refractivity contribution in [3.63, 3.8) is 0 Å². The van der Waals surface area contributed by atoms with E-state index >= 15 is 0 Å². The number of imide groups is 1. The van der Waals surface area contributed by atoms with Gasteiger partial charge in [0.15, 0.2) is 0 Å². The maximum atomic E-state index is 13.1. The lowest BCUT2D eigenvalue weighted by atomic mass is 9.92. The quantitative estimate of drug-likeness (QED) is 0.448. The first-order chi connectivity index (χ1) is 15.2. The molecule has 2 aliphatic rings. The summed E-state index contributed by atoms with van der Waals surface area (Å²) in [7, 11) is 0. The first-order valence-electron chi connectivity index (χ1n) is 11.7. The van der Waals surface area contributed by atoms with Crippen LogP contribution in [0.2, 0.25) is 0 Å². The Labute approximate surface area is 190 Å². The molecule has 2 heterocycles.